The summed E-state index contributed by atoms with van der Waals surface area (Å²) in [5, 5.41) is 0. The largest absolute Gasteiger partial charge is 0.497 e. The molecule has 6 nitrogen and oxygen atoms in total. The number of benzene rings is 2. The fourth-order valence-electron chi connectivity index (χ4n) is 3.32. The number of thiazole rings is 1. The van der Waals surface area contributed by atoms with Crippen LogP contribution in [0.15, 0.2) is 60.1 Å². The smallest absolute Gasteiger partial charge is 0.221 e. The third kappa shape index (κ3) is 3.19. The average Bonchev–Trinajstić information content (AvgIpc) is 3.37. The molecule has 0 unspecified atom stereocenters. The van der Waals surface area contributed by atoms with Gasteiger partial charge in [0.2, 0.25) is 5.88 Å². The molecule has 5 rings (SSSR count). The van der Waals surface area contributed by atoms with E-state index in [2.05, 4.69) is 28.6 Å². The van der Waals surface area contributed by atoms with Gasteiger partial charge in [0.05, 0.1) is 22.8 Å². The predicted molar refractivity (Wildman–Crippen MR) is 115 cm³/mol. The first-order valence-electron chi connectivity index (χ1n) is 9.28. The van der Waals surface area contributed by atoms with E-state index in [-0.39, 0.29) is 0 Å². The van der Waals surface area contributed by atoms with Crippen molar-refractivity contribution in [2.45, 2.75) is 13.5 Å². The molecule has 0 amide bonds. The van der Waals surface area contributed by atoms with Crippen LogP contribution in [-0.4, -0.2) is 26.6 Å². The number of aromatic nitrogens is 4. The number of ether oxygens (including phenoxy) is 2. The number of aryl methyl sites for hydroxylation is 1. The lowest BCUT2D eigenvalue weighted by molar-refractivity contribution is 0.412. The lowest BCUT2D eigenvalue weighted by Gasteiger charge is -2.08. The van der Waals surface area contributed by atoms with E-state index in [1.807, 2.05) is 48.0 Å². The maximum absolute atomic E-state index is 5.93. The van der Waals surface area contributed by atoms with Gasteiger partial charge in [0.1, 0.15) is 22.8 Å². The summed E-state index contributed by atoms with van der Waals surface area (Å²) in [5.74, 6) is 2.91. The molecule has 0 fully saturated rings. The Balaban J connectivity index is 1.54. The van der Waals surface area contributed by atoms with Crippen molar-refractivity contribution in [2.24, 2.45) is 0 Å². The van der Waals surface area contributed by atoms with Gasteiger partial charge in [-0.15, -0.1) is 11.3 Å². The molecule has 3 aromatic heterocycles. The number of nitrogens with zero attached hydrogens (tertiary/aromatic N) is 4. The summed E-state index contributed by atoms with van der Waals surface area (Å²) < 4.78 is 14.4. The van der Waals surface area contributed by atoms with E-state index >= 15 is 0 Å². The number of hydrogen-bond acceptors (Lipinski definition) is 6. The molecular formula is C22H18N4O2S. The molecule has 7 heteroatoms. The van der Waals surface area contributed by atoms with E-state index in [0.29, 0.717) is 11.6 Å². The normalized spacial score (nSPS) is 11.2. The molecular weight excluding hydrogens is 384 g/mol. The summed E-state index contributed by atoms with van der Waals surface area (Å²) in [7, 11) is 1.64. The second kappa shape index (κ2) is 7.18. The van der Waals surface area contributed by atoms with Gasteiger partial charge in [0, 0.05) is 18.2 Å². The van der Waals surface area contributed by atoms with Crippen molar-refractivity contribution in [3.8, 4) is 28.8 Å². The molecule has 0 aliphatic carbocycles. The zero-order chi connectivity index (χ0) is 19.8. The number of methoxy groups -OCH3 is 1. The van der Waals surface area contributed by atoms with Gasteiger partial charge in [-0.25, -0.2) is 9.97 Å². The highest BCUT2D eigenvalue weighted by molar-refractivity contribution is 7.16. The van der Waals surface area contributed by atoms with Gasteiger partial charge >= 0.3 is 0 Å². The summed E-state index contributed by atoms with van der Waals surface area (Å²) in [6.45, 7) is 2.85. The van der Waals surface area contributed by atoms with Crippen LogP contribution in [0.5, 0.6) is 17.4 Å². The molecule has 0 spiro atoms. The monoisotopic (exact) mass is 402 g/mol. The van der Waals surface area contributed by atoms with Crippen molar-refractivity contribution in [3.05, 3.63) is 60.1 Å². The fourth-order valence-corrected chi connectivity index (χ4v) is 4.04. The number of rotatable bonds is 5. The second-order valence-electron chi connectivity index (χ2n) is 6.48. The van der Waals surface area contributed by atoms with E-state index in [4.69, 9.17) is 19.4 Å². The molecule has 0 saturated heterocycles. The molecule has 0 aliphatic heterocycles. The third-order valence-corrected chi connectivity index (χ3v) is 5.55. The van der Waals surface area contributed by atoms with Crippen molar-refractivity contribution in [1.82, 2.24) is 19.5 Å². The topological polar surface area (TPSA) is 62.1 Å². The zero-order valence-electron chi connectivity index (χ0n) is 16.0. The molecule has 0 atom stereocenters. The van der Waals surface area contributed by atoms with Gasteiger partial charge in [-0.05, 0) is 55.5 Å². The minimum Gasteiger partial charge on any atom is -0.497 e. The van der Waals surface area contributed by atoms with Crippen molar-refractivity contribution in [1.29, 1.82) is 0 Å². The Morgan fingerprint density at radius 3 is 2.52 bits per heavy atom. The summed E-state index contributed by atoms with van der Waals surface area (Å²) in [6.07, 6.45) is 0. The number of imidazole rings is 1. The highest BCUT2D eigenvalue weighted by atomic mass is 32.1. The van der Waals surface area contributed by atoms with Crippen molar-refractivity contribution >= 4 is 32.7 Å². The van der Waals surface area contributed by atoms with Gasteiger partial charge in [0.25, 0.3) is 0 Å². The highest BCUT2D eigenvalue weighted by Gasteiger charge is 2.15. The van der Waals surface area contributed by atoms with Crippen LogP contribution in [0.2, 0.25) is 0 Å². The average molecular weight is 402 g/mol. The summed E-state index contributed by atoms with van der Waals surface area (Å²) in [4.78, 5) is 13.9. The summed E-state index contributed by atoms with van der Waals surface area (Å²) in [5.41, 5.74) is 5.57. The van der Waals surface area contributed by atoms with E-state index in [9.17, 15) is 0 Å². The molecule has 5 aromatic rings. The Bertz CT molecular complexity index is 1310. The van der Waals surface area contributed by atoms with Gasteiger partial charge in [-0.1, -0.05) is 0 Å². The van der Waals surface area contributed by atoms with Gasteiger partial charge < -0.3 is 14.0 Å². The molecule has 2 aromatic carbocycles. The first-order chi connectivity index (χ1) is 14.2. The SMILES string of the molecule is CCn1c(-c2ccc3ncsc3c2)nc2ccc(Oc3ccc(OC)cc3)nc21. The predicted octanol–water partition coefficient (Wildman–Crippen LogP) is 5.53. The van der Waals surface area contributed by atoms with Crippen molar-refractivity contribution in [2.75, 3.05) is 7.11 Å². The van der Waals surface area contributed by atoms with Crippen molar-refractivity contribution < 1.29 is 9.47 Å². The van der Waals surface area contributed by atoms with E-state index in [1.165, 1.54) is 0 Å². The maximum Gasteiger partial charge on any atom is 0.221 e. The number of hydrogen-bond donors (Lipinski definition) is 0. The molecule has 3 heterocycles. The highest BCUT2D eigenvalue weighted by Crippen LogP contribution is 2.30. The van der Waals surface area contributed by atoms with Crippen LogP contribution < -0.4 is 9.47 Å². The third-order valence-electron chi connectivity index (χ3n) is 4.75. The zero-order valence-corrected chi connectivity index (χ0v) is 16.8. The first kappa shape index (κ1) is 17.6. The summed E-state index contributed by atoms with van der Waals surface area (Å²) in [6, 6.07) is 17.5. The van der Waals surface area contributed by atoms with Crippen LogP contribution in [0.4, 0.5) is 0 Å². The van der Waals surface area contributed by atoms with E-state index in [0.717, 1.165) is 45.1 Å². The first-order valence-corrected chi connectivity index (χ1v) is 10.2. The van der Waals surface area contributed by atoms with Crippen LogP contribution in [0.25, 0.3) is 32.8 Å². The van der Waals surface area contributed by atoms with Crippen LogP contribution in [0, 0.1) is 0 Å². The van der Waals surface area contributed by atoms with Crippen LogP contribution in [0.3, 0.4) is 0 Å². The standard InChI is InChI=1S/C22H18N4O2S/c1-3-26-21(14-4-9-17-19(12-14)29-13-23-17)24-18-10-11-20(25-22(18)26)28-16-7-5-15(27-2)6-8-16/h4-13H,3H2,1-2H3. The van der Waals surface area contributed by atoms with Crippen LogP contribution in [0.1, 0.15) is 6.92 Å². The maximum atomic E-state index is 5.93. The Labute approximate surface area is 171 Å². The molecule has 0 radical (unpaired) electrons. The minimum atomic E-state index is 0.529. The lowest BCUT2D eigenvalue weighted by atomic mass is 10.2. The molecule has 0 saturated carbocycles. The second-order valence-corrected chi connectivity index (χ2v) is 7.37. The Kier molecular flexibility index (Phi) is 4.37. The van der Waals surface area contributed by atoms with E-state index in [1.54, 1.807) is 18.4 Å². The lowest BCUT2D eigenvalue weighted by Crippen LogP contribution is -1.99. The minimum absolute atomic E-state index is 0.529. The molecule has 29 heavy (non-hydrogen) atoms. The Morgan fingerprint density at radius 2 is 1.72 bits per heavy atom. The quantitative estimate of drug-likeness (QED) is 0.387. The summed E-state index contributed by atoms with van der Waals surface area (Å²) >= 11 is 1.63. The van der Waals surface area contributed by atoms with Crippen molar-refractivity contribution in [3.63, 3.8) is 0 Å². The number of fused-ring (bicyclic) bond motifs is 2. The fraction of sp³-hybridized carbons (Fsp3) is 0.136. The van der Waals surface area contributed by atoms with Crippen LogP contribution >= 0.6 is 11.3 Å². The number of pyridine rings is 1. The molecule has 0 aliphatic rings. The Morgan fingerprint density at radius 1 is 0.931 bits per heavy atom. The van der Waals surface area contributed by atoms with Crippen LogP contribution in [-0.2, 0) is 6.54 Å². The van der Waals surface area contributed by atoms with Gasteiger partial charge in [-0.3, -0.25) is 0 Å². The molecule has 0 N–H and O–H groups in total. The molecule has 144 valence electrons. The van der Waals surface area contributed by atoms with Gasteiger partial charge in [0.15, 0.2) is 5.65 Å². The molecule has 0 bridgehead atoms. The van der Waals surface area contributed by atoms with E-state index < -0.39 is 0 Å². The van der Waals surface area contributed by atoms with Gasteiger partial charge in [-0.2, -0.15) is 4.98 Å². The Hall–Kier alpha value is -3.45.